The van der Waals surface area contributed by atoms with E-state index in [-0.39, 0.29) is 54.2 Å². The van der Waals surface area contributed by atoms with Crippen LogP contribution in [0.1, 0.15) is 33.1 Å². The molecular weight excluding hydrogens is 655 g/mol. The van der Waals surface area contributed by atoms with Crippen molar-refractivity contribution in [3.05, 3.63) is 20.4 Å². The number of ether oxygens (including phenoxy) is 5. The third-order valence-corrected chi connectivity index (χ3v) is 7.54. The Balaban J connectivity index is 0.00000736. The van der Waals surface area contributed by atoms with E-state index in [1.54, 1.807) is 6.92 Å². The summed E-state index contributed by atoms with van der Waals surface area (Å²) in [5.74, 6) is -0.596. The van der Waals surface area contributed by atoms with Crippen molar-refractivity contribution >= 4 is 22.0 Å². The molecule has 0 bridgehead atoms. The Hall–Kier alpha value is -1.34. The number of carbonyl (C=O) groups excluding carboxylic acids is 1. The molecule has 2 saturated heterocycles. The molecule has 2 heterocycles. The Morgan fingerprint density at radius 1 is 0.957 bits per heavy atom. The molecule has 2 aliphatic heterocycles. The summed E-state index contributed by atoms with van der Waals surface area (Å²) in [6.45, 7) is 1.74. The van der Waals surface area contributed by atoms with E-state index in [0.29, 0.717) is 25.8 Å². The SMILES string of the molecule is CCOc1c(NCCCCCO[C@@H]2O[C@H](CO)[C@H](O)[C@H](O[C@@H]3O[C@H](COS(=O)(=O)[O-])[C@@H](O)[C@H](O)[C@H]3O)[C@H]2NC(C)=O)c(=O)c1=O.[Na+]. The molecule has 7 N–H and O–H groups in total. The van der Waals surface area contributed by atoms with E-state index >= 15 is 0 Å². The van der Waals surface area contributed by atoms with Crippen LogP contribution in [0.5, 0.6) is 5.75 Å². The monoisotopic (exact) mass is 694 g/mol. The molecule has 19 nitrogen and oxygen atoms in total. The summed E-state index contributed by atoms with van der Waals surface area (Å²) < 4.78 is 64.3. The van der Waals surface area contributed by atoms with E-state index < -0.39 is 102 Å². The minimum absolute atomic E-state index is 0. The van der Waals surface area contributed by atoms with Crippen molar-refractivity contribution in [2.24, 2.45) is 0 Å². The van der Waals surface area contributed by atoms with E-state index in [1.165, 1.54) is 0 Å². The van der Waals surface area contributed by atoms with Gasteiger partial charge in [-0.1, -0.05) is 0 Å². The van der Waals surface area contributed by atoms with Gasteiger partial charge in [0.15, 0.2) is 18.3 Å². The van der Waals surface area contributed by atoms with Crippen molar-refractivity contribution in [3.63, 3.8) is 0 Å². The van der Waals surface area contributed by atoms with Crippen molar-refractivity contribution < 1.29 is 101 Å². The van der Waals surface area contributed by atoms with Crippen LogP contribution in [0.4, 0.5) is 5.69 Å². The van der Waals surface area contributed by atoms with Crippen LogP contribution in [0.15, 0.2) is 9.59 Å². The van der Waals surface area contributed by atoms with E-state index in [0.717, 1.165) is 6.92 Å². The second-order valence-corrected chi connectivity index (χ2v) is 11.5. The smallest absolute Gasteiger partial charge is 0.726 e. The first-order valence-electron chi connectivity index (χ1n) is 14.2. The van der Waals surface area contributed by atoms with Gasteiger partial charge in [0.1, 0.15) is 54.5 Å². The Labute approximate surface area is 286 Å². The maximum atomic E-state index is 12.1. The largest absolute Gasteiger partial charge is 1.00 e. The fraction of sp³-hybridized carbons (Fsp3) is 0.800. The van der Waals surface area contributed by atoms with Crippen LogP contribution in [0.3, 0.4) is 0 Å². The number of hydrogen-bond acceptors (Lipinski definition) is 18. The van der Waals surface area contributed by atoms with Crippen LogP contribution >= 0.6 is 0 Å². The summed E-state index contributed by atoms with van der Waals surface area (Å²) in [6, 6.07) is -1.27. The van der Waals surface area contributed by atoms with Crippen molar-refractivity contribution in [2.75, 3.05) is 38.3 Å². The van der Waals surface area contributed by atoms with Crippen LogP contribution in [0.2, 0.25) is 0 Å². The zero-order valence-corrected chi connectivity index (χ0v) is 28.3. The van der Waals surface area contributed by atoms with Gasteiger partial charge in [-0.05, 0) is 26.2 Å². The molecule has 2 aliphatic rings. The summed E-state index contributed by atoms with van der Waals surface area (Å²) >= 11 is 0. The van der Waals surface area contributed by atoms with E-state index in [2.05, 4.69) is 14.8 Å². The van der Waals surface area contributed by atoms with Crippen molar-refractivity contribution in [2.45, 2.75) is 94.5 Å². The first kappa shape index (κ1) is 40.8. The van der Waals surface area contributed by atoms with Crippen LogP contribution in [0, 0.1) is 0 Å². The molecule has 0 unspecified atom stereocenters. The molecule has 3 rings (SSSR count). The topological polar surface area (TPSA) is 289 Å². The van der Waals surface area contributed by atoms with Gasteiger partial charge in [0.2, 0.25) is 16.3 Å². The average Bonchev–Trinajstić information content (AvgIpc) is 2.98. The number of unbranched alkanes of at least 4 members (excludes halogenated alkanes) is 2. The Morgan fingerprint density at radius 2 is 1.63 bits per heavy atom. The predicted octanol–water partition coefficient (Wildman–Crippen LogP) is -7.46. The molecule has 10 atom stereocenters. The van der Waals surface area contributed by atoms with E-state index in [1.807, 2.05) is 0 Å². The predicted molar refractivity (Wildman–Crippen MR) is 147 cm³/mol. The van der Waals surface area contributed by atoms with Gasteiger partial charge in [0.05, 0.1) is 19.8 Å². The number of aliphatic hydroxyl groups is 5. The second kappa shape index (κ2) is 18.4. The number of nitrogens with one attached hydrogen (secondary N) is 2. The first-order valence-corrected chi connectivity index (χ1v) is 15.5. The van der Waals surface area contributed by atoms with Gasteiger partial charge < -0.3 is 64.4 Å². The van der Waals surface area contributed by atoms with Gasteiger partial charge in [-0.2, -0.15) is 0 Å². The van der Waals surface area contributed by atoms with E-state index in [4.69, 9.17) is 23.7 Å². The Morgan fingerprint density at radius 3 is 2.24 bits per heavy atom. The Bertz CT molecular complexity index is 1290. The van der Waals surface area contributed by atoms with Crippen molar-refractivity contribution in [3.8, 4) is 5.75 Å². The zero-order chi connectivity index (χ0) is 33.5. The minimum atomic E-state index is -5.21. The third-order valence-electron chi connectivity index (χ3n) is 7.12. The van der Waals surface area contributed by atoms with Gasteiger partial charge in [-0.25, -0.2) is 8.42 Å². The van der Waals surface area contributed by atoms with Crippen LogP contribution in [0.25, 0.3) is 0 Å². The number of carbonyl (C=O) groups is 1. The molecule has 258 valence electrons. The fourth-order valence-corrected chi connectivity index (χ4v) is 5.16. The number of anilines is 1. The van der Waals surface area contributed by atoms with Gasteiger partial charge in [0.25, 0.3) is 10.9 Å². The van der Waals surface area contributed by atoms with Crippen LogP contribution in [-0.4, -0.2) is 139 Å². The molecule has 0 radical (unpaired) electrons. The zero-order valence-electron chi connectivity index (χ0n) is 25.5. The molecule has 1 aromatic carbocycles. The fourth-order valence-electron chi connectivity index (χ4n) is 4.86. The quantitative estimate of drug-likeness (QED) is 0.0262. The molecule has 1 aromatic rings. The summed E-state index contributed by atoms with van der Waals surface area (Å²) in [5, 5.41) is 57.0. The molecule has 46 heavy (non-hydrogen) atoms. The molecule has 1 amide bonds. The average molecular weight is 695 g/mol. The molecule has 0 aliphatic carbocycles. The van der Waals surface area contributed by atoms with E-state index in [9.17, 15) is 52.9 Å². The molecule has 0 saturated carbocycles. The first-order chi connectivity index (χ1) is 21.2. The van der Waals surface area contributed by atoms with Gasteiger partial charge in [0, 0.05) is 20.1 Å². The molecule has 0 aromatic heterocycles. The maximum absolute atomic E-state index is 12.1. The number of hydrogen-bond donors (Lipinski definition) is 7. The standard InChI is InChI=1S/C25H40N2O17S.Na/c1-3-39-22-14(18(32)20(22)34)26-7-5-4-6-8-40-24-15(27-11(2)29)23(17(31)12(9-28)42-24)44-25-21(35)19(33)16(30)13(43-25)10-41-45(36,37)38;/h12-13,15-17,19,21,23-26,28,30-31,33,35H,3-10H2,1-2H3,(H,27,29)(H,36,37,38);/q;+1/p-1/t12-,13-,15-,16-,17+,19+,21-,23-,24-,25+;/m1./s1. The third kappa shape index (κ3) is 10.6. The Kier molecular flexibility index (Phi) is 16.4. The summed E-state index contributed by atoms with van der Waals surface area (Å²) in [7, 11) is -5.21. The normalized spacial score (nSPS) is 31.7. The minimum Gasteiger partial charge on any atom is -0.726 e. The molecular formula is C25H39N2NaO17S. The van der Waals surface area contributed by atoms with Gasteiger partial charge in [-0.15, -0.1) is 0 Å². The molecule has 0 spiro atoms. The van der Waals surface area contributed by atoms with Crippen LogP contribution in [-0.2, 0) is 38.3 Å². The second-order valence-electron chi connectivity index (χ2n) is 10.4. The van der Waals surface area contributed by atoms with Gasteiger partial charge in [-0.3, -0.25) is 18.6 Å². The number of amides is 1. The maximum Gasteiger partial charge on any atom is 1.00 e. The summed E-state index contributed by atoms with van der Waals surface area (Å²) in [4.78, 5) is 35.3. The van der Waals surface area contributed by atoms with Crippen molar-refractivity contribution in [1.29, 1.82) is 0 Å². The molecule has 2 fully saturated rings. The van der Waals surface area contributed by atoms with Gasteiger partial charge >= 0.3 is 29.6 Å². The molecule has 21 heteroatoms. The van der Waals surface area contributed by atoms with Crippen LogP contribution < -0.4 is 55.8 Å². The van der Waals surface area contributed by atoms with Crippen molar-refractivity contribution in [1.82, 2.24) is 5.32 Å². The number of aliphatic hydroxyl groups excluding tert-OH is 5. The summed E-state index contributed by atoms with van der Waals surface area (Å²) in [6.07, 6.45) is -13.5. The number of rotatable bonds is 17. The summed E-state index contributed by atoms with van der Waals surface area (Å²) in [5.41, 5.74) is -1.19.